The highest BCUT2D eigenvalue weighted by atomic mass is 35.5. The molecule has 2 saturated heterocycles. The van der Waals surface area contributed by atoms with Gasteiger partial charge in [-0.05, 0) is 44.4 Å². The van der Waals surface area contributed by atoms with Crippen molar-refractivity contribution in [3.8, 4) is 0 Å². The molecule has 1 aromatic carbocycles. The van der Waals surface area contributed by atoms with Crippen LogP contribution < -0.4 is 0 Å². The normalized spacial score (nSPS) is 21.7. The summed E-state index contributed by atoms with van der Waals surface area (Å²) in [5, 5.41) is 0.830. The first kappa shape index (κ1) is 19.5. The van der Waals surface area contributed by atoms with Crippen LogP contribution in [-0.2, 0) is 4.79 Å². The van der Waals surface area contributed by atoms with E-state index in [-0.39, 0.29) is 11.8 Å². The van der Waals surface area contributed by atoms with Gasteiger partial charge in [0.05, 0.1) is 16.6 Å². The molecule has 5 nitrogen and oxygen atoms in total. The lowest BCUT2D eigenvalue weighted by atomic mass is 10.0. The second-order valence-corrected chi connectivity index (χ2v) is 7.94. The maximum atomic E-state index is 12.6. The average molecular weight is 398 g/mol. The van der Waals surface area contributed by atoms with Crippen LogP contribution in [0.3, 0.4) is 0 Å². The van der Waals surface area contributed by atoms with Crippen molar-refractivity contribution in [3.63, 3.8) is 0 Å². The van der Waals surface area contributed by atoms with Crippen LogP contribution >= 0.6 is 23.2 Å². The van der Waals surface area contributed by atoms with Crippen LogP contribution in [0.25, 0.3) is 0 Å². The Bertz CT molecular complexity index is 675. The summed E-state index contributed by atoms with van der Waals surface area (Å²) in [6.07, 6.45) is 3.40. The van der Waals surface area contributed by atoms with Crippen molar-refractivity contribution in [2.24, 2.45) is 0 Å². The van der Waals surface area contributed by atoms with Crippen LogP contribution in [0.2, 0.25) is 10.0 Å². The minimum absolute atomic E-state index is 0.0424. The molecule has 7 heteroatoms. The zero-order chi connectivity index (χ0) is 18.7. The van der Waals surface area contributed by atoms with Crippen molar-refractivity contribution in [3.05, 3.63) is 33.8 Å². The van der Waals surface area contributed by atoms with Crippen molar-refractivity contribution in [1.82, 2.24) is 14.7 Å². The molecule has 2 aliphatic rings. The number of piperidine rings is 1. The molecule has 26 heavy (non-hydrogen) atoms. The number of carbonyl (C=O) groups excluding carboxylic acids is 2. The molecule has 1 atom stereocenters. The number of piperazine rings is 1. The van der Waals surface area contributed by atoms with Crippen LogP contribution in [0, 0.1) is 0 Å². The van der Waals surface area contributed by atoms with Crippen molar-refractivity contribution < 1.29 is 9.59 Å². The van der Waals surface area contributed by atoms with Gasteiger partial charge in [0, 0.05) is 44.3 Å². The maximum Gasteiger partial charge on any atom is 0.253 e. The van der Waals surface area contributed by atoms with Crippen molar-refractivity contribution in [2.45, 2.75) is 32.2 Å². The van der Waals surface area contributed by atoms with Gasteiger partial charge in [-0.1, -0.05) is 23.2 Å². The topological polar surface area (TPSA) is 43.9 Å². The van der Waals surface area contributed by atoms with E-state index < -0.39 is 0 Å². The highest BCUT2D eigenvalue weighted by molar-refractivity contribution is 6.42. The van der Waals surface area contributed by atoms with Crippen LogP contribution in [0.15, 0.2) is 18.2 Å². The number of hydrogen-bond acceptors (Lipinski definition) is 3. The Labute approximate surface area is 164 Å². The summed E-state index contributed by atoms with van der Waals surface area (Å²) in [7, 11) is 0. The molecule has 0 radical (unpaired) electrons. The van der Waals surface area contributed by atoms with E-state index in [0.29, 0.717) is 54.4 Å². The van der Waals surface area contributed by atoms with Crippen LogP contribution in [0.5, 0.6) is 0 Å². The maximum absolute atomic E-state index is 12.6. The van der Waals surface area contributed by atoms with E-state index in [1.54, 1.807) is 18.2 Å². The van der Waals surface area contributed by atoms with Crippen molar-refractivity contribution in [1.29, 1.82) is 0 Å². The Hall–Kier alpha value is -1.30. The van der Waals surface area contributed by atoms with Gasteiger partial charge in [-0.3, -0.25) is 14.5 Å². The average Bonchev–Trinajstić information content (AvgIpc) is 2.64. The van der Waals surface area contributed by atoms with E-state index >= 15 is 0 Å². The Kier molecular flexibility index (Phi) is 6.43. The quantitative estimate of drug-likeness (QED) is 0.786. The molecule has 2 fully saturated rings. The van der Waals surface area contributed by atoms with E-state index in [0.717, 1.165) is 19.4 Å². The Morgan fingerprint density at radius 1 is 1.04 bits per heavy atom. The molecule has 2 amide bonds. The third kappa shape index (κ3) is 4.51. The number of likely N-dealkylation sites (tertiary alicyclic amines) is 1. The fraction of sp³-hybridized carbons (Fsp3) is 0.579. The number of halogens is 2. The first-order chi connectivity index (χ1) is 12.5. The second-order valence-electron chi connectivity index (χ2n) is 7.13. The number of nitrogens with zero attached hydrogens (tertiary/aromatic N) is 3. The molecule has 142 valence electrons. The molecule has 0 spiro atoms. The Morgan fingerprint density at radius 2 is 1.77 bits per heavy atom. The van der Waals surface area contributed by atoms with Gasteiger partial charge in [0.15, 0.2) is 0 Å². The number of benzene rings is 1. The van der Waals surface area contributed by atoms with E-state index in [1.807, 2.05) is 9.80 Å². The van der Waals surface area contributed by atoms with Gasteiger partial charge in [-0.25, -0.2) is 0 Å². The molecule has 0 bridgehead atoms. The monoisotopic (exact) mass is 397 g/mol. The molecule has 0 aromatic heterocycles. The third-order valence-electron chi connectivity index (χ3n) is 5.31. The van der Waals surface area contributed by atoms with Gasteiger partial charge in [0.1, 0.15) is 0 Å². The molecular weight excluding hydrogens is 373 g/mol. The molecule has 0 N–H and O–H groups in total. The Morgan fingerprint density at radius 3 is 2.42 bits per heavy atom. The largest absolute Gasteiger partial charge is 0.339 e. The molecule has 0 unspecified atom stereocenters. The van der Waals surface area contributed by atoms with Crippen molar-refractivity contribution in [2.75, 3.05) is 39.3 Å². The fourth-order valence-corrected chi connectivity index (χ4v) is 3.97. The molecule has 3 rings (SSSR count). The van der Waals surface area contributed by atoms with E-state index in [9.17, 15) is 9.59 Å². The fourth-order valence-electron chi connectivity index (χ4n) is 3.67. The third-order valence-corrected chi connectivity index (χ3v) is 6.05. The Balaban J connectivity index is 1.51. The van der Waals surface area contributed by atoms with Gasteiger partial charge in [-0.15, -0.1) is 0 Å². The molecular formula is C19H25Cl2N3O2. The number of hydrogen-bond donors (Lipinski definition) is 0. The summed E-state index contributed by atoms with van der Waals surface area (Å²) in [6.45, 7) is 6.09. The van der Waals surface area contributed by atoms with Crippen LogP contribution in [0.1, 0.15) is 36.5 Å². The zero-order valence-electron chi connectivity index (χ0n) is 15.1. The predicted molar refractivity (Wildman–Crippen MR) is 104 cm³/mol. The van der Waals surface area contributed by atoms with E-state index in [2.05, 4.69) is 11.8 Å². The summed E-state index contributed by atoms with van der Waals surface area (Å²) in [6, 6.07) is 5.30. The summed E-state index contributed by atoms with van der Waals surface area (Å²) in [5.41, 5.74) is 0.547. The first-order valence-electron chi connectivity index (χ1n) is 9.22. The summed E-state index contributed by atoms with van der Waals surface area (Å²) >= 11 is 11.9. The number of amides is 2. The van der Waals surface area contributed by atoms with Crippen molar-refractivity contribution >= 4 is 35.0 Å². The minimum Gasteiger partial charge on any atom is -0.339 e. The highest BCUT2D eigenvalue weighted by Crippen LogP contribution is 2.23. The molecule has 0 saturated carbocycles. The lowest BCUT2D eigenvalue weighted by Crippen LogP contribution is -2.53. The second kappa shape index (κ2) is 8.59. The van der Waals surface area contributed by atoms with Crippen LogP contribution in [0.4, 0.5) is 0 Å². The van der Waals surface area contributed by atoms with Gasteiger partial charge in [0.25, 0.3) is 5.91 Å². The minimum atomic E-state index is -0.0424. The first-order valence-corrected chi connectivity index (χ1v) is 9.97. The van der Waals surface area contributed by atoms with Crippen LogP contribution in [-0.4, -0.2) is 71.8 Å². The zero-order valence-corrected chi connectivity index (χ0v) is 16.6. The van der Waals surface area contributed by atoms with Gasteiger partial charge in [-0.2, -0.15) is 0 Å². The van der Waals surface area contributed by atoms with Gasteiger partial charge in [0.2, 0.25) is 5.91 Å². The molecule has 2 aliphatic heterocycles. The smallest absolute Gasteiger partial charge is 0.253 e. The lowest BCUT2D eigenvalue weighted by Gasteiger charge is -2.38. The number of carbonyl (C=O) groups is 2. The summed E-state index contributed by atoms with van der Waals surface area (Å²) in [4.78, 5) is 31.1. The molecule has 1 aromatic rings. The predicted octanol–water partition coefficient (Wildman–Crippen LogP) is 3.15. The van der Waals surface area contributed by atoms with E-state index in [4.69, 9.17) is 23.2 Å². The standard InChI is InChI=1S/C19H25Cl2N3O2/c1-14-4-2-3-7-24(14)18(25)13-22-8-10-23(11-9-22)19(26)15-5-6-16(20)17(21)12-15/h5-6,12,14H,2-4,7-11,13H2,1H3/t14-/m0/s1. The van der Waals surface area contributed by atoms with Gasteiger partial charge < -0.3 is 9.80 Å². The SMILES string of the molecule is C[C@H]1CCCCN1C(=O)CN1CCN(C(=O)c2ccc(Cl)c(Cl)c2)CC1. The molecule has 0 aliphatic carbocycles. The summed E-state index contributed by atoms with van der Waals surface area (Å²) < 4.78 is 0. The summed E-state index contributed by atoms with van der Waals surface area (Å²) in [5.74, 6) is 0.167. The lowest BCUT2D eigenvalue weighted by molar-refractivity contribution is -0.136. The molecule has 2 heterocycles. The van der Waals surface area contributed by atoms with Gasteiger partial charge >= 0.3 is 0 Å². The number of rotatable bonds is 3. The van der Waals surface area contributed by atoms with E-state index in [1.165, 1.54) is 6.42 Å². The highest BCUT2D eigenvalue weighted by Gasteiger charge is 2.27.